The molecule has 2 aliphatic carbocycles. The molecule has 3 fully saturated rings. The molecule has 0 bridgehead atoms. The molecule has 3 heterocycles. The number of aliphatic hydroxyl groups excluding tert-OH is 2. The van der Waals surface area contributed by atoms with Crippen molar-refractivity contribution in [3.8, 4) is 0 Å². The monoisotopic (exact) mass is 514 g/mol. The topological polar surface area (TPSA) is 98.4 Å². The zero-order valence-electron chi connectivity index (χ0n) is 18.8. The standard InChI is InChI=1S/C23H26ClF3N4O4/c24-20-17-7-13(12-1-2-12)8-18(23(25,26)27)31(17)28-21(20)22(35)30-10-19(34)29(9-15(30)11-32)14-3-5-16(33)6-4-14/h7-8,12,14-16,32-33H,1-6,9-11H2. The number of pyridine rings is 1. The zero-order chi connectivity index (χ0) is 25.1. The number of carbonyl (C=O) groups is 2. The van der Waals surface area contributed by atoms with Crippen LogP contribution in [0.4, 0.5) is 13.2 Å². The van der Waals surface area contributed by atoms with E-state index in [1.165, 1.54) is 6.07 Å². The first-order valence-electron chi connectivity index (χ1n) is 11.8. The molecule has 0 aromatic carbocycles. The van der Waals surface area contributed by atoms with Crippen molar-refractivity contribution in [3.05, 3.63) is 34.1 Å². The van der Waals surface area contributed by atoms with Crippen LogP contribution in [0.3, 0.4) is 0 Å². The smallest absolute Gasteiger partial charge is 0.394 e. The first kappa shape index (κ1) is 24.3. The molecule has 1 atom stereocenters. The lowest BCUT2D eigenvalue weighted by Gasteiger charge is -2.44. The van der Waals surface area contributed by atoms with Crippen molar-refractivity contribution >= 4 is 28.9 Å². The fourth-order valence-corrected chi connectivity index (χ4v) is 5.43. The van der Waals surface area contributed by atoms with Gasteiger partial charge in [-0.1, -0.05) is 11.6 Å². The van der Waals surface area contributed by atoms with Crippen LogP contribution in [0.25, 0.3) is 5.52 Å². The number of hydrogen-bond donors (Lipinski definition) is 2. The number of hydrogen-bond acceptors (Lipinski definition) is 5. The number of aromatic nitrogens is 2. The van der Waals surface area contributed by atoms with E-state index in [-0.39, 0.29) is 47.2 Å². The first-order valence-corrected chi connectivity index (χ1v) is 12.1. The summed E-state index contributed by atoms with van der Waals surface area (Å²) in [6.45, 7) is -0.686. The van der Waals surface area contributed by atoms with Gasteiger partial charge in [0, 0.05) is 12.6 Å². The molecule has 2 amide bonds. The quantitative estimate of drug-likeness (QED) is 0.654. The molecule has 8 nitrogen and oxygen atoms in total. The van der Waals surface area contributed by atoms with E-state index in [4.69, 9.17) is 11.6 Å². The van der Waals surface area contributed by atoms with E-state index < -0.39 is 36.5 Å². The maximum Gasteiger partial charge on any atom is 0.433 e. The van der Waals surface area contributed by atoms with Crippen LogP contribution in [-0.4, -0.2) is 79.3 Å². The van der Waals surface area contributed by atoms with Crippen molar-refractivity contribution < 1.29 is 33.0 Å². The molecule has 0 spiro atoms. The zero-order valence-corrected chi connectivity index (χ0v) is 19.6. The molecular weight excluding hydrogens is 489 g/mol. The van der Waals surface area contributed by atoms with Gasteiger partial charge < -0.3 is 20.0 Å². The Morgan fingerprint density at radius 1 is 1.14 bits per heavy atom. The lowest BCUT2D eigenvalue weighted by atomic mass is 9.91. The summed E-state index contributed by atoms with van der Waals surface area (Å²) in [7, 11) is 0. The van der Waals surface area contributed by atoms with Gasteiger partial charge in [-0.2, -0.15) is 18.3 Å². The van der Waals surface area contributed by atoms with Gasteiger partial charge in [0.15, 0.2) is 5.69 Å². The molecule has 1 unspecified atom stereocenters. The van der Waals surface area contributed by atoms with Crippen LogP contribution in [0.15, 0.2) is 12.1 Å². The molecule has 5 rings (SSSR count). The van der Waals surface area contributed by atoms with Crippen LogP contribution >= 0.6 is 11.6 Å². The Morgan fingerprint density at radius 3 is 2.43 bits per heavy atom. The number of piperazine rings is 1. The van der Waals surface area contributed by atoms with Gasteiger partial charge in [-0.05, 0) is 62.1 Å². The molecule has 1 aliphatic heterocycles. The van der Waals surface area contributed by atoms with Crippen LogP contribution in [0.5, 0.6) is 0 Å². The van der Waals surface area contributed by atoms with E-state index in [0.717, 1.165) is 23.8 Å². The van der Waals surface area contributed by atoms with Crippen LogP contribution in [0.1, 0.15) is 66.2 Å². The highest BCUT2D eigenvalue weighted by atomic mass is 35.5. The summed E-state index contributed by atoms with van der Waals surface area (Å²) < 4.78 is 42.0. The summed E-state index contributed by atoms with van der Waals surface area (Å²) in [5.74, 6) is -1.10. The third kappa shape index (κ3) is 4.49. The van der Waals surface area contributed by atoms with E-state index in [9.17, 15) is 33.0 Å². The number of amides is 2. The second-order valence-corrected chi connectivity index (χ2v) is 10.1. The summed E-state index contributed by atoms with van der Waals surface area (Å²) in [4.78, 5) is 29.1. The maximum atomic E-state index is 13.8. The number of halogens is 4. The Bertz CT molecular complexity index is 1160. The highest BCUT2D eigenvalue weighted by Gasteiger charge is 2.42. The Morgan fingerprint density at radius 2 is 1.83 bits per heavy atom. The SMILES string of the molecule is O=C1CN(C(=O)c2nn3c(C(F)(F)F)cc(C4CC4)cc3c2Cl)C(CO)CN1C1CCC(O)CC1. The van der Waals surface area contributed by atoms with Gasteiger partial charge in [-0.15, -0.1) is 0 Å². The lowest BCUT2D eigenvalue weighted by Crippen LogP contribution is -2.61. The summed E-state index contributed by atoms with van der Waals surface area (Å²) in [5, 5.41) is 23.4. The Labute approximate surface area is 204 Å². The van der Waals surface area contributed by atoms with Gasteiger partial charge in [0.1, 0.15) is 12.2 Å². The molecule has 2 N–H and O–H groups in total. The fraction of sp³-hybridized carbons (Fsp3) is 0.609. The van der Waals surface area contributed by atoms with E-state index in [0.29, 0.717) is 35.8 Å². The van der Waals surface area contributed by atoms with Crippen molar-refractivity contribution in [2.75, 3.05) is 19.7 Å². The van der Waals surface area contributed by atoms with Crippen LogP contribution in [-0.2, 0) is 11.0 Å². The number of nitrogens with zero attached hydrogens (tertiary/aromatic N) is 4. The predicted molar refractivity (Wildman–Crippen MR) is 119 cm³/mol. The molecular formula is C23H26ClF3N4O4. The summed E-state index contributed by atoms with van der Waals surface area (Å²) >= 11 is 6.40. The first-order chi connectivity index (χ1) is 16.6. The van der Waals surface area contributed by atoms with Crippen molar-refractivity contribution in [1.82, 2.24) is 19.4 Å². The van der Waals surface area contributed by atoms with Crippen LogP contribution in [0.2, 0.25) is 5.02 Å². The van der Waals surface area contributed by atoms with Crippen LogP contribution < -0.4 is 0 Å². The van der Waals surface area contributed by atoms with Gasteiger partial charge in [0.2, 0.25) is 5.91 Å². The van der Waals surface area contributed by atoms with Crippen LogP contribution in [0, 0.1) is 0 Å². The number of aliphatic hydroxyl groups is 2. The normalized spacial score (nSPS) is 26.0. The van der Waals surface area contributed by atoms with Crippen molar-refractivity contribution in [1.29, 1.82) is 0 Å². The third-order valence-corrected chi connectivity index (χ3v) is 7.66. The number of rotatable bonds is 4. The van der Waals surface area contributed by atoms with E-state index in [1.54, 1.807) is 4.90 Å². The molecule has 3 aliphatic rings. The second-order valence-electron chi connectivity index (χ2n) is 9.68. The average Bonchev–Trinajstić information content (AvgIpc) is 3.62. The number of carbonyl (C=O) groups excluding carboxylic acids is 2. The maximum absolute atomic E-state index is 13.8. The Hall–Kier alpha value is -2.37. The fourth-order valence-electron chi connectivity index (χ4n) is 5.18. The van der Waals surface area contributed by atoms with Crippen molar-refractivity contribution in [2.24, 2.45) is 0 Å². The predicted octanol–water partition coefficient (Wildman–Crippen LogP) is 2.83. The molecule has 1 saturated heterocycles. The Kier molecular flexibility index (Phi) is 6.21. The summed E-state index contributed by atoms with van der Waals surface area (Å²) in [6.07, 6.45) is -1.13. The minimum atomic E-state index is -4.71. The highest BCUT2D eigenvalue weighted by molar-refractivity contribution is 6.36. The number of fused-ring (bicyclic) bond motifs is 1. The van der Waals surface area contributed by atoms with E-state index in [2.05, 4.69) is 5.10 Å². The van der Waals surface area contributed by atoms with Gasteiger partial charge in [-0.25, -0.2) is 4.52 Å². The van der Waals surface area contributed by atoms with Crippen molar-refractivity contribution in [2.45, 2.75) is 68.8 Å². The molecule has 12 heteroatoms. The minimum absolute atomic E-state index is 0.0157. The highest BCUT2D eigenvalue weighted by Crippen LogP contribution is 2.43. The van der Waals surface area contributed by atoms with Gasteiger partial charge in [-0.3, -0.25) is 9.59 Å². The molecule has 0 radical (unpaired) electrons. The van der Waals surface area contributed by atoms with Crippen molar-refractivity contribution in [3.63, 3.8) is 0 Å². The molecule has 190 valence electrons. The number of alkyl halides is 3. The molecule has 2 aromatic heterocycles. The van der Waals surface area contributed by atoms with Gasteiger partial charge >= 0.3 is 6.18 Å². The molecule has 35 heavy (non-hydrogen) atoms. The molecule has 2 saturated carbocycles. The summed E-state index contributed by atoms with van der Waals surface area (Å²) in [6, 6.07) is 1.73. The third-order valence-electron chi connectivity index (χ3n) is 7.29. The minimum Gasteiger partial charge on any atom is -0.394 e. The second kappa shape index (κ2) is 8.94. The lowest BCUT2D eigenvalue weighted by molar-refractivity contribution is -0.143. The van der Waals surface area contributed by atoms with Gasteiger partial charge in [0.25, 0.3) is 5.91 Å². The largest absolute Gasteiger partial charge is 0.433 e. The molecule has 2 aromatic rings. The van der Waals surface area contributed by atoms with Gasteiger partial charge in [0.05, 0.1) is 29.3 Å². The average molecular weight is 515 g/mol. The van der Waals surface area contributed by atoms with E-state index in [1.807, 2.05) is 0 Å². The van der Waals surface area contributed by atoms with E-state index >= 15 is 0 Å². The summed E-state index contributed by atoms with van der Waals surface area (Å²) in [5.41, 5.74) is -0.916. The Balaban J connectivity index is 1.45.